The Morgan fingerprint density at radius 3 is 1.49 bits per heavy atom. The van der Waals surface area contributed by atoms with E-state index < -0.39 is 0 Å². The van der Waals surface area contributed by atoms with Crippen LogP contribution in [0.5, 0.6) is 17.2 Å². The van der Waals surface area contributed by atoms with E-state index in [-0.39, 0.29) is 0 Å². The maximum atomic E-state index is 6.12. The SMILES string of the molecule is COc1ccc(COc2ccc3nc(C)cc(N4CCC(c5ccccc5)C4)c3c2)cc1.Cc1cc(N2CCC(c3ccccc3)C2)c2cc(OCCc3ccccc3)ccc2n1. The van der Waals surface area contributed by atoms with Crippen LogP contribution in [0.2, 0.25) is 0 Å². The molecule has 318 valence electrons. The summed E-state index contributed by atoms with van der Waals surface area (Å²) in [7, 11) is 1.68. The van der Waals surface area contributed by atoms with Gasteiger partial charge in [-0.1, -0.05) is 103 Å². The molecule has 0 spiro atoms. The first-order valence-corrected chi connectivity index (χ1v) is 22.3. The minimum absolute atomic E-state index is 0.518. The van der Waals surface area contributed by atoms with Crippen molar-refractivity contribution in [3.63, 3.8) is 0 Å². The van der Waals surface area contributed by atoms with E-state index in [0.717, 1.165) is 83.2 Å². The summed E-state index contributed by atoms with van der Waals surface area (Å²) in [6.07, 6.45) is 3.25. The monoisotopic (exact) mass is 832 g/mol. The quantitative estimate of drug-likeness (QED) is 0.121. The number of aromatic nitrogens is 2. The van der Waals surface area contributed by atoms with Gasteiger partial charge in [-0.25, -0.2) is 0 Å². The third kappa shape index (κ3) is 10.1. The van der Waals surface area contributed by atoms with Crippen LogP contribution in [-0.4, -0.2) is 49.9 Å². The van der Waals surface area contributed by atoms with Gasteiger partial charge >= 0.3 is 0 Å². The molecule has 2 aliphatic heterocycles. The van der Waals surface area contributed by atoms with Crippen LogP contribution >= 0.6 is 0 Å². The van der Waals surface area contributed by atoms with Crippen molar-refractivity contribution in [1.29, 1.82) is 0 Å². The maximum Gasteiger partial charge on any atom is 0.120 e. The smallest absolute Gasteiger partial charge is 0.120 e. The number of pyridine rings is 2. The van der Waals surface area contributed by atoms with Gasteiger partial charge in [0, 0.05) is 78.0 Å². The number of aryl methyl sites for hydroxylation is 2. The summed E-state index contributed by atoms with van der Waals surface area (Å²) >= 11 is 0. The molecule has 10 rings (SSSR count). The Labute approximate surface area is 371 Å². The Kier molecular flexibility index (Phi) is 12.8. The Balaban J connectivity index is 0.000000160. The molecule has 2 aromatic heterocycles. The van der Waals surface area contributed by atoms with Gasteiger partial charge in [-0.05, 0) is 110 Å². The number of benzene rings is 6. The van der Waals surface area contributed by atoms with Crippen LogP contribution in [0.1, 0.15) is 58.3 Å². The lowest BCUT2D eigenvalue weighted by Crippen LogP contribution is -2.20. The average Bonchev–Trinajstić information content (AvgIpc) is 4.04. The first-order valence-electron chi connectivity index (χ1n) is 22.3. The molecule has 0 radical (unpaired) electrons. The van der Waals surface area contributed by atoms with Crippen molar-refractivity contribution in [2.24, 2.45) is 0 Å². The summed E-state index contributed by atoms with van der Waals surface area (Å²) in [5.74, 6) is 3.77. The zero-order chi connectivity index (χ0) is 43.0. The van der Waals surface area contributed by atoms with E-state index in [0.29, 0.717) is 25.0 Å². The highest BCUT2D eigenvalue weighted by molar-refractivity contribution is 5.94. The molecule has 63 heavy (non-hydrogen) atoms. The highest BCUT2D eigenvalue weighted by Crippen LogP contribution is 2.38. The molecule has 2 unspecified atom stereocenters. The number of ether oxygens (including phenoxy) is 3. The number of hydrogen-bond acceptors (Lipinski definition) is 7. The van der Waals surface area contributed by atoms with Crippen molar-refractivity contribution in [3.8, 4) is 17.2 Å². The highest BCUT2D eigenvalue weighted by Gasteiger charge is 2.27. The maximum absolute atomic E-state index is 6.12. The summed E-state index contributed by atoms with van der Waals surface area (Å²) in [6, 6.07) is 57.1. The lowest BCUT2D eigenvalue weighted by Gasteiger charge is -2.22. The predicted octanol–water partition coefficient (Wildman–Crippen LogP) is 12.3. The van der Waals surface area contributed by atoms with Gasteiger partial charge in [0.25, 0.3) is 0 Å². The molecule has 4 heterocycles. The van der Waals surface area contributed by atoms with Crippen molar-refractivity contribution in [2.75, 3.05) is 49.7 Å². The van der Waals surface area contributed by atoms with Crippen molar-refractivity contribution in [1.82, 2.24) is 9.97 Å². The Hall–Kier alpha value is -6.86. The van der Waals surface area contributed by atoms with E-state index in [1.807, 2.05) is 42.5 Å². The Morgan fingerprint density at radius 1 is 0.508 bits per heavy atom. The van der Waals surface area contributed by atoms with Crippen LogP contribution in [0, 0.1) is 13.8 Å². The molecule has 0 amide bonds. The van der Waals surface area contributed by atoms with Gasteiger partial charge in [0.2, 0.25) is 0 Å². The van der Waals surface area contributed by atoms with Crippen LogP contribution < -0.4 is 24.0 Å². The molecule has 0 aliphatic carbocycles. The molecule has 2 aliphatic rings. The Bertz CT molecular complexity index is 2750. The zero-order valence-electron chi connectivity index (χ0n) is 36.6. The van der Waals surface area contributed by atoms with Crippen LogP contribution in [0.25, 0.3) is 21.8 Å². The second-order valence-electron chi connectivity index (χ2n) is 16.8. The van der Waals surface area contributed by atoms with Crippen molar-refractivity contribution in [2.45, 2.75) is 51.6 Å². The second kappa shape index (κ2) is 19.5. The number of nitrogens with zero attached hydrogens (tertiary/aromatic N) is 4. The fraction of sp³-hybridized carbons (Fsp3) is 0.250. The van der Waals surface area contributed by atoms with Gasteiger partial charge < -0.3 is 24.0 Å². The van der Waals surface area contributed by atoms with Crippen molar-refractivity contribution < 1.29 is 14.2 Å². The lowest BCUT2D eigenvalue weighted by molar-refractivity contribution is 0.306. The molecule has 0 bridgehead atoms. The van der Waals surface area contributed by atoms with E-state index in [1.54, 1.807) is 7.11 Å². The van der Waals surface area contributed by atoms with Gasteiger partial charge in [0.15, 0.2) is 0 Å². The van der Waals surface area contributed by atoms with Gasteiger partial charge in [-0.2, -0.15) is 0 Å². The fourth-order valence-electron chi connectivity index (χ4n) is 9.11. The summed E-state index contributed by atoms with van der Waals surface area (Å²) in [5.41, 5.74) is 11.9. The first-order chi connectivity index (χ1) is 31.0. The molecule has 0 saturated carbocycles. The minimum atomic E-state index is 0.518. The Morgan fingerprint density at radius 2 is 0.984 bits per heavy atom. The first kappa shape index (κ1) is 41.5. The predicted molar refractivity (Wildman–Crippen MR) is 258 cm³/mol. The number of fused-ring (bicyclic) bond motifs is 2. The lowest BCUT2D eigenvalue weighted by atomic mass is 9.99. The van der Waals surface area contributed by atoms with E-state index in [2.05, 4.69) is 145 Å². The summed E-state index contributed by atoms with van der Waals surface area (Å²) < 4.78 is 17.5. The fourth-order valence-corrected chi connectivity index (χ4v) is 9.11. The van der Waals surface area contributed by atoms with E-state index in [9.17, 15) is 0 Å². The van der Waals surface area contributed by atoms with Crippen LogP contribution in [0.3, 0.4) is 0 Å². The standard InChI is InChI=1S/C28H28N2O2.C28H28N2O/c1-20-16-28(30-15-14-23(18-30)22-6-4-3-5-7-22)26-17-25(12-13-27(26)29-20)32-19-21-8-10-24(31-2)11-9-21;1-21-18-28(30-16-14-24(20-30)23-10-6-3-7-11-23)26-19-25(12-13-27(26)29-21)31-17-15-22-8-4-2-5-9-22/h3-13,16-17,23H,14-15,18-19H2,1-2H3;2-13,18-19,24H,14-17,20H2,1H3. The van der Waals surface area contributed by atoms with Gasteiger partial charge in [-0.3, -0.25) is 9.97 Å². The molecule has 2 fully saturated rings. The van der Waals surface area contributed by atoms with Crippen LogP contribution in [0.4, 0.5) is 11.4 Å². The van der Waals surface area contributed by atoms with Gasteiger partial charge in [-0.15, -0.1) is 0 Å². The molecule has 7 nitrogen and oxygen atoms in total. The molecule has 6 aromatic carbocycles. The zero-order valence-corrected chi connectivity index (χ0v) is 36.6. The minimum Gasteiger partial charge on any atom is -0.497 e. The highest BCUT2D eigenvalue weighted by atomic mass is 16.5. The summed E-state index contributed by atoms with van der Waals surface area (Å²) in [5, 5.41) is 2.33. The van der Waals surface area contributed by atoms with Crippen molar-refractivity contribution in [3.05, 3.63) is 197 Å². The van der Waals surface area contributed by atoms with Crippen LogP contribution in [0.15, 0.2) is 164 Å². The van der Waals surface area contributed by atoms with Gasteiger partial charge in [0.1, 0.15) is 23.9 Å². The third-order valence-corrected chi connectivity index (χ3v) is 12.4. The average molecular weight is 833 g/mol. The third-order valence-electron chi connectivity index (χ3n) is 12.4. The molecule has 2 saturated heterocycles. The largest absolute Gasteiger partial charge is 0.497 e. The molecular weight excluding hydrogens is 777 g/mol. The number of anilines is 2. The van der Waals surface area contributed by atoms with E-state index >= 15 is 0 Å². The van der Waals surface area contributed by atoms with Crippen molar-refractivity contribution >= 4 is 33.2 Å². The molecule has 2 atom stereocenters. The topological polar surface area (TPSA) is 60.0 Å². The van der Waals surface area contributed by atoms with Gasteiger partial charge in [0.05, 0.1) is 24.8 Å². The number of methoxy groups -OCH3 is 1. The summed E-state index contributed by atoms with van der Waals surface area (Å²) in [6.45, 7) is 9.53. The molecule has 0 N–H and O–H groups in total. The number of hydrogen-bond donors (Lipinski definition) is 0. The second-order valence-corrected chi connectivity index (χ2v) is 16.8. The number of rotatable bonds is 12. The summed E-state index contributed by atoms with van der Waals surface area (Å²) in [4.78, 5) is 14.6. The normalized spacial score (nSPS) is 15.9. The van der Waals surface area contributed by atoms with Crippen LogP contribution in [-0.2, 0) is 13.0 Å². The molecular formula is C56H56N4O3. The van der Waals surface area contributed by atoms with E-state index in [4.69, 9.17) is 24.2 Å². The van der Waals surface area contributed by atoms with E-state index in [1.165, 1.54) is 46.3 Å². The molecule has 8 aromatic rings. The molecule has 7 heteroatoms.